The Morgan fingerprint density at radius 2 is 1.61 bits per heavy atom. The van der Waals surface area contributed by atoms with Gasteiger partial charge in [-0.05, 0) is 36.1 Å². The van der Waals surface area contributed by atoms with E-state index in [0.717, 1.165) is 25.2 Å². The summed E-state index contributed by atoms with van der Waals surface area (Å²) in [6.07, 6.45) is 4.71. The monoisotopic (exact) mass is 378 g/mol. The fourth-order valence-corrected chi connectivity index (χ4v) is 3.77. The van der Waals surface area contributed by atoms with Gasteiger partial charge >= 0.3 is 0 Å². The normalized spacial score (nSPS) is 18.5. The first kappa shape index (κ1) is 18.6. The molecule has 1 saturated carbocycles. The van der Waals surface area contributed by atoms with Crippen LogP contribution in [-0.4, -0.2) is 52.8 Å². The zero-order chi connectivity index (χ0) is 19.4. The quantitative estimate of drug-likeness (QED) is 0.779. The molecule has 146 valence electrons. The maximum atomic E-state index is 13.0. The van der Waals surface area contributed by atoms with Gasteiger partial charge in [-0.25, -0.2) is 0 Å². The number of hydrogen-bond donors (Lipinski definition) is 1. The van der Waals surface area contributed by atoms with Crippen molar-refractivity contribution in [2.75, 3.05) is 26.2 Å². The Balaban J connectivity index is 1.29. The molecule has 2 fully saturated rings. The maximum absolute atomic E-state index is 13.0. The van der Waals surface area contributed by atoms with Gasteiger partial charge in [0, 0.05) is 51.7 Å². The van der Waals surface area contributed by atoms with Crippen LogP contribution in [0.15, 0.2) is 54.9 Å². The van der Waals surface area contributed by atoms with Gasteiger partial charge in [0.15, 0.2) is 0 Å². The van der Waals surface area contributed by atoms with Gasteiger partial charge in [-0.3, -0.25) is 19.5 Å². The number of pyridine rings is 1. The van der Waals surface area contributed by atoms with Crippen molar-refractivity contribution in [1.82, 2.24) is 20.1 Å². The van der Waals surface area contributed by atoms with Crippen LogP contribution in [0.2, 0.25) is 0 Å². The SMILES string of the molecule is O=C(NCc1ccncc1)C1(C(=O)N2CCN(Cc3ccccc3)CC2)CC1. The molecule has 0 spiro atoms. The highest BCUT2D eigenvalue weighted by Crippen LogP contribution is 2.47. The zero-order valence-corrected chi connectivity index (χ0v) is 16.0. The summed E-state index contributed by atoms with van der Waals surface area (Å²) in [6, 6.07) is 14.1. The molecule has 1 aliphatic heterocycles. The number of rotatable bonds is 6. The molecular weight excluding hydrogens is 352 g/mol. The molecule has 0 radical (unpaired) electrons. The van der Waals surface area contributed by atoms with Crippen LogP contribution >= 0.6 is 0 Å². The molecule has 1 N–H and O–H groups in total. The standard InChI is InChI=1S/C22H26N4O2/c27-20(24-16-18-6-10-23-11-7-18)22(8-9-22)21(28)26-14-12-25(13-15-26)17-19-4-2-1-3-5-19/h1-7,10-11H,8-9,12-17H2,(H,24,27). The number of hydrogen-bond acceptors (Lipinski definition) is 4. The average molecular weight is 378 g/mol. The lowest BCUT2D eigenvalue weighted by Gasteiger charge is -2.36. The minimum atomic E-state index is -0.839. The van der Waals surface area contributed by atoms with Crippen molar-refractivity contribution in [3.63, 3.8) is 0 Å². The molecule has 0 bridgehead atoms. The molecule has 28 heavy (non-hydrogen) atoms. The molecule has 1 aliphatic carbocycles. The van der Waals surface area contributed by atoms with E-state index in [9.17, 15) is 9.59 Å². The van der Waals surface area contributed by atoms with Crippen molar-refractivity contribution in [3.05, 3.63) is 66.0 Å². The van der Waals surface area contributed by atoms with Crippen LogP contribution in [0.4, 0.5) is 0 Å². The lowest BCUT2D eigenvalue weighted by atomic mass is 10.0. The number of aromatic nitrogens is 1. The van der Waals surface area contributed by atoms with Crippen molar-refractivity contribution in [3.8, 4) is 0 Å². The number of nitrogens with one attached hydrogen (secondary N) is 1. The number of nitrogens with zero attached hydrogens (tertiary/aromatic N) is 3. The lowest BCUT2D eigenvalue weighted by molar-refractivity contribution is -0.145. The summed E-state index contributed by atoms with van der Waals surface area (Å²) in [4.78, 5) is 34.0. The Morgan fingerprint density at radius 1 is 0.929 bits per heavy atom. The Hall–Kier alpha value is -2.73. The fraction of sp³-hybridized carbons (Fsp3) is 0.409. The van der Waals surface area contributed by atoms with Crippen LogP contribution in [0.5, 0.6) is 0 Å². The third kappa shape index (κ3) is 4.07. The van der Waals surface area contributed by atoms with E-state index in [0.29, 0.717) is 32.5 Å². The predicted octanol–water partition coefficient (Wildman–Crippen LogP) is 1.82. The van der Waals surface area contributed by atoms with Crippen molar-refractivity contribution in [2.45, 2.75) is 25.9 Å². The van der Waals surface area contributed by atoms with Crippen LogP contribution in [-0.2, 0) is 22.7 Å². The minimum absolute atomic E-state index is 0.000843. The number of amides is 2. The van der Waals surface area contributed by atoms with E-state index < -0.39 is 5.41 Å². The third-order valence-electron chi connectivity index (χ3n) is 5.70. The van der Waals surface area contributed by atoms with E-state index in [1.165, 1.54) is 5.56 Å². The van der Waals surface area contributed by atoms with Crippen molar-refractivity contribution in [1.29, 1.82) is 0 Å². The fourth-order valence-electron chi connectivity index (χ4n) is 3.77. The number of piperazine rings is 1. The summed E-state index contributed by atoms with van der Waals surface area (Å²) in [5.74, 6) is -0.139. The number of carbonyl (C=O) groups is 2. The predicted molar refractivity (Wildman–Crippen MR) is 106 cm³/mol. The van der Waals surface area contributed by atoms with E-state index >= 15 is 0 Å². The lowest BCUT2D eigenvalue weighted by Crippen LogP contribution is -2.52. The van der Waals surface area contributed by atoms with Crippen molar-refractivity contribution < 1.29 is 9.59 Å². The van der Waals surface area contributed by atoms with Gasteiger partial charge in [-0.2, -0.15) is 0 Å². The summed E-state index contributed by atoms with van der Waals surface area (Å²) in [6.45, 7) is 4.39. The molecule has 1 saturated heterocycles. The third-order valence-corrected chi connectivity index (χ3v) is 5.70. The molecule has 2 aromatic rings. The highest BCUT2D eigenvalue weighted by Gasteiger charge is 2.58. The van der Waals surface area contributed by atoms with Gasteiger partial charge in [-0.15, -0.1) is 0 Å². The first-order valence-electron chi connectivity index (χ1n) is 9.90. The topological polar surface area (TPSA) is 65.5 Å². The van der Waals surface area contributed by atoms with Gasteiger partial charge in [-0.1, -0.05) is 30.3 Å². The maximum Gasteiger partial charge on any atom is 0.238 e. The van der Waals surface area contributed by atoms with Gasteiger partial charge < -0.3 is 10.2 Å². The Bertz CT molecular complexity index is 813. The Labute approximate surface area is 165 Å². The van der Waals surface area contributed by atoms with Gasteiger partial charge in [0.1, 0.15) is 5.41 Å². The molecule has 2 amide bonds. The molecule has 0 unspecified atom stereocenters. The first-order chi connectivity index (χ1) is 13.7. The second-order valence-electron chi connectivity index (χ2n) is 7.67. The summed E-state index contributed by atoms with van der Waals surface area (Å²) in [7, 11) is 0. The molecule has 6 nitrogen and oxygen atoms in total. The average Bonchev–Trinajstić information content (AvgIpc) is 3.56. The van der Waals surface area contributed by atoms with E-state index in [2.05, 4.69) is 39.5 Å². The zero-order valence-electron chi connectivity index (χ0n) is 16.0. The summed E-state index contributed by atoms with van der Waals surface area (Å²) in [5.41, 5.74) is 1.44. The van der Waals surface area contributed by atoms with Crippen LogP contribution in [0.25, 0.3) is 0 Å². The first-order valence-corrected chi connectivity index (χ1v) is 9.90. The molecule has 2 heterocycles. The van der Waals surface area contributed by atoms with Crippen molar-refractivity contribution in [2.24, 2.45) is 5.41 Å². The molecule has 1 aromatic heterocycles. The Kier molecular flexibility index (Phi) is 5.39. The van der Waals surface area contributed by atoms with Crippen LogP contribution < -0.4 is 5.32 Å². The molecule has 0 atom stereocenters. The molecule has 1 aromatic carbocycles. The Morgan fingerprint density at radius 3 is 2.25 bits per heavy atom. The minimum Gasteiger partial charge on any atom is -0.351 e. The van der Waals surface area contributed by atoms with Crippen LogP contribution in [0.3, 0.4) is 0 Å². The highest BCUT2D eigenvalue weighted by atomic mass is 16.2. The highest BCUT2D eigenvalue weighted by molar-refractivity contribution is 6.07. The van der Waals surface area contributed by atoms with Gasteiger partial charge in [0.25, 0.3) is 0 Å². The second-order valence-corrected chi connectivity index (χ2v) is 7.67. The van der Waals surface area contributed by atoms with Gasteiger partial charge in [0.2, 0.25) is 11.8 Å². The van der Waals surface area contributed by atoms with E-state index in [1.807, 2.05) is 23.1 Å². The van der Waals surface area contributed by atoms with E-state index in [-0.39, 0.29) is 11.8 Å². The summed E-state index contributed by atoms with van der Waals surface area (Å²) < 4.78 is 0. The molecule has 2 aliphatic rings. The molecule has 4 rings (SSSR count). The number of benzene rings is 1. The summed E-state index contributed by atoms with van der Waals surface area (Å²) in [5, 5.41) is 2.94. The van der Waals surface area contributed by atoms with E-state index in [1.54, 1.807) is 12.4 Å². The second kappa shape index (κ2) is 8.10. The van der Waals surface area contributed by atoms with Crippen molar-refractivity contribution >= 4 is 11.8 Å². The van der Waals surface area contributed by atoms with Crippen LogP contribution in [0.1, 0.15) is 24.0 Å². The molecule has 6 heteroatoms. The van der Waals surface area contributed by atoms with Gasteiger partial charge in [0.05, 0.1) is 0 Å². The van der Waals surface area contributed by atoms with E-state index in [4.69, 9.17) is 0 Å². The largest absolute Gasteiger partial charge is 0.351 e. The van der Waals surface area contributed by atoms with Crippen LogP contribution in [0, 0.1) is 5.41 Å². The smallest absolute Gasteiger partial charge is 0.238 e. The summed E-state index contributed by atoms with van der Waals surface area (Å²) >= 11 is 0. The molecular formula is C22H26N4O2. The number of carbonyl (C=O) groups excluding carboxylic acids is 2.